The number of fused-ring (bicyclic) bond motifs is 1. The molecular formula is C15H20O6. The third-order valence-electron chi connectivity index (χ3n) is 4.17. The van der Waals surface area contributed by atoms with Crippen molar-refractivity contribution in [1.82, 2.24) is 0 Å². The molecule has 0 aromatic heterocycles. The molecule has 21 heavy (non-hydrogen) atoms. The molecule has 1 aliphatic carbocycles. The molecule has 0 aromatic rings. The maximum Gasteiger partial charge on any atom is 0.334 e. The molecule has 0 amide bonds. The molecule has 0 aromatic carbocycles. The number of hydrogen-bond donors (Lipinski definition) is 0. The van der Waals surface area contributed by atoms with E-state index in [1.54, 1.807) is 13.8 Å². The Hall–Kier alpha value is -1.85. The van der Waals surface area contributed by atoms with Crippen molar-refractivity contribution >= 4 is 17.9 Å². The molecule has 1 saturated heterocycles. The molecule has 6 nitrogen and oxygen atoms in total. The summed E-state index contributed by atoms with van der Waals surface area (Å²) in [5.41, 5.74) is -1.04. The fourth-order valence-corrected chi connectivity index (χ4v) is 3.04. The quantitative estimate of drug-likeness (QED) is 0.337. The first-order valence-electron chi connectivity index (χ1n) is 7.20. The molecule has 0 unspecified atom stereocenters. The lowest BCUT2D eigenvalue weighted by Gasteiger charge is -2.37. The van der Waals surface area contributed by atoms with Crippen molar-refractivity contribution in [3.63, 3.8) is 0 Å². The number of carbonyl (C=O) groups is 3. The predicted molar refractivity (Wildman–Crippen MR) is 72.1 cm³/mol. The summed E-state index contributed by atoms with van der Waals surface area (Å²) >= 11 is 0. The summed E-state index contributed by atoms with van der Waals surface area (Å²) in [4.78, 5) is 36.3. The first kappa shape index (κ1) is 15.5. The van der Waals surface area contributed by atoms with Crippen molar-refractivity contribution in [2.75, 3.05) is 13.2 Å². The molecule has 0 spiro atoms. The van der Waals surface area contributed by atoms with E-state index in [1.165, 1.54) is 0 Å². The van der Waals surface area contributed by atoms with Crippen LogP contribution in [0.15, 0.2) is 12.2 Å². The largest absolute Gasteiger partial charge is 0.465 e. The Bertz CT molecular complexity index is 463. The van der Waals surface area contributed by atoms with Gasteiger partial charge in [-0.25, -0.2) is 4.79 Å². The van der Waals surface area contributed by atoms with Crippen LogP contribution in [0.2, 0.25) is 0 Å². The lowest BCUT2D eigenvalue weighted by Crippen LogP contribution is -2.48. The molecule has 2 rings (SSSR count). The lowest BCUT2D eigenvalue weighted by atomic mass is 9.67. The summed E-state index contributed by atoms with van der Waals surface area (Å²) in [6.07, 6.45) is 0.529. The molecule has 2 fully saturated rings. The molecule has 1 heterocycles. The molecule has 1 saturated carbocycles. The van der Waals surface area contributed by atoms with Gasteiger partial charge in [0.1, 0.15) is 6.10 Å². The van der Waals surface area contributed by atoms with Crippen LogP contribution in [-0.4, -0.2) is 37.2 Å². The topological polar surface area (TPSA) is 78.9 Å². The predicted octanol–water partition coefficient (Wildman–Crippen LogP) is 1.38. The Labute approximate surface area is 123 Å². The second kappa shape index (κ2) is 5.87. The summed E-state index contributed by atoms with van der Waals surface area (Å²) in [6, 6.07) is 0. The van der Waals surface area contributed by atoms with Crippen molar-refractivity contribution in [2.45, 2.75) is 39.2 Å². The molecular weight excluding hydrogens is 276 g/mol. The highest BCUT2D eigenvalue weighted by Gasteiger charge is 2.57. The fraction of sp³-hybridized carbons (Fsp3) is 0.667. The summed E-state index contributed by atoms with van der Waals surface area (Å²) in [6.45, 7) is 7.46. The lowest BCUT2D eigenvalue weighted by molar-refractivity contribution is -0.177. The second-order valence-electron chi connectivity index (χ2n) is 5.34. The van der Waals surface area contributed by atoms with Gasteiger partial charge < -0.3 is 14.2 Å². The van der Waals surface area contributed by atoms with E-state index in [1.807, 2.05) is 0 Å². The first-order chi connectivity index (χ1) is 9.96. The highest BCUT2D eigenvalue weighted by Crippen LogP contribution is 2.48. The Morgan fingerprint density at radius 2 is 1.86 bits per heavy atom. The van der Waals surface area contributed by atoms with Crippen molar-refractivity contribution in [3.8, 4) is 0 Å². The van der Waals surface area contributed by atoms with Crippen LogP contribution >= 0.6 is 0 Å². The van der Waals surface area contributed by atoms with Crippen LogP contribution < -0.4 is 0 Å². The van der Waals surface area contributed by atoms with Crippen molar-refractivity contribution in [2.24, 2.45) is 11.3 Å². The van der Waals surface area contributed by atoms with Gasteiger partial charge in [-0.05, 0) is 33.1 Å². The monoisotopic (exact) mass is 296 g/mol. The number of rotatable bonds is 4. The van der Waals surface area contributed by atoms with Crippen LogP contribution in [0.4, 0.5) is 0 Å². The summed E-state index contributed by atoms with van der Waals surface area (Å²) < 4.78 is 15.3. The van der Waals surface area contributed by atoms with Gasteiger partial charge in [-0.1, -0.05) is 6.58 Å². The Morgan fingerprint density at radius 3 is 2.38 bits per heavy atom. The van der Waals surface area contributed by atoms with E-state index in [0.717, 1.165) is 0 Å². The molecule has 116 valence electrons. The van der Waals surface area contributed by atoms with E-state index in [2.05, 4.69) is 6.58 Å². The Kier molecular flexibility index (Phi) is 4.34. The minimum absolute atomic E-state index is 0.153. The zero-order chi connectivity index (χ0) is 15.6. The first-order valence-corrected chi connectivity index (χ1v) is 7.20. The average molecular weight is 296 g/mol. The highest BCUT2D eigenvalue weighted by molar-refractivity contribution is 6.01. The maximum absolute atomic E-state index is 12.3. The van der Waals surface area contributed by atoms with Gasteiger partial charge in [0.2, 0.25) is 0 Å². The smallest absolute Gasteiger partial charge is 0.334 e. The zero-order valence-electron chi connectivity index (χ0n) is 12.3. The van der Waals surface area contributed by atoms with E-state index in [9.17, 15) is 14.4 Å². The van der Waals surface area contributed by atoms with Gasteiger partial charge >= 0.3 is 17.9 Å². The summed E-state index contributed by atoms with van der Waals surface area (Å²) in [5, 5.41) is 0. The average Bonchev–Trinajstić information content (AvgIpc) is 2.74. The second-order valence-corrected chi connectivity index (χ2v) is 5.34. The third kappa shape index (κ3) is 2.54. The summed E-state index contributed by atoms with van der Waals surface area (Å²) in [5.74, 6) is -1.96. The molecule has 2 atom stereocenters. The molecule has 0 radical (unpaired) electrons. The van der Waals surface area contributed by atoms with Crippen LogP contribution in [0.3, 0.4) is 0 Å². The molecule has 0 N–H and O–H groups in total. The van der Waals surface area contributed by atoms with Gasteiger partial charge in [0.15, 0.2) is 5.41 Å². The molecule has 0 bridgehead atoms. The van der Waals surface area contributed by atoms with Crippen LogP contribution in [0.25, 0.3) is 0 Å². The van der Waals surface area contributed by atoms with Crippen LogP contribution in [0, 0.1) is 11.3 Å². The van der Waals surface area contributed by atoms with Crippen LogP contribution in [-0.2, 0) is 28.6 Å². The molecule has 6 heteroatoms. The van der Waals surface area contributed by atoms with E-state index < -0.39 is 23.3 Å². The summed E-state index contributed by atoms with van der Waals surface area (Å²) in [7, 11) is 0. The standard InChI is InChI=1S/C15H20O6/c1-4-19-13(17)15(14(18)20-5-2)7-6-11-10(8-15)9(3)12(16)21-11/h10-11H,3-8H2,1-2H3/t10-,11-/m1/s1. The van der Waals surface area contributed by atoms with Gasteiger partial charge in [-0.3, -0.25) is 9.59 Å². The SMILES string of the molecule is C=C1C(=O)O[C@@H]2CCC(C(=O)OCC)(C(=O)OCC)C[C@H]12. The molecule has 1 aliphatic heterocycles. The minimum atomic E-state index is -1.36. The van der Waals surface area contributed by atoms with E-state index in [4.69, 9.17) is 14.2 Å². The van der Waals surface area contributed by atoms with Gasteiger partial charge in [0.05, 0.1) is 13.2 Å². The zero-order valence-corrected chi connectivity index (χ0v) is 12.3. The normalized spacial score (nSPS) is 26.8. The Morgan fingerprint density at radius 1 is 1.29 bits per heavy atom. The van der Waals surface area contributed by atoms with Crippen LogP contribution in [0.5, 0.6) is 0 Å². The number of esters is 3. The third-order valence-corrected chi connectivity index (χ3v) is 4.17. The van der Waals surface area contributed by atoms with Gasteiger partial charge in [-0.15, -0.1) is 0 Å². The van der Waals surface area contributed by atoms with E-state index in [0.29, 0.717) is 12.0 Å². The van der Waals surface area contributed by atoms with Crippen LogP contribution in [0.1, 0.15) is 33.1 Å². The van der Waals surface area contributed by atoms with E-state index in [-0.39, 0.29) is 38.1 Å². The number of carbonyl (C=O) groups excluding carboxylic acids is 3. The molecule has 2 aliphatic rings. The van der Waals surface area contributed by atoms with Crippen molar-refractivity contribution in [1.29, 1.82) is 0 Å². The Balaban J connectivity index is 2.29. The van der Waals surface area contributed by atoms with Gasteiger partial charge in [-0.2, -0.15) is 0 Å². The fourth-order valence-electron chi connectivity index (χ4n) is 3.04. The number of hydrogen-bond acceptors (Lipinski definition) is 6. The van der Waals surface area contributed by atoms with Crippen molar-refractivity contribution in [3.05, 3.63) is 12.2 Å². The van der Waals surface area contributed by atoms with Gasteiger partial charge in [0, 0.05) is 11.5 Å². The van der Waals surface area contributed by atoms with Gasteiger partial charge in [0.25, 0.3) is 0 Å². The van der Waals surface area contributed by atoms with Crippen molar-refractivity contribution < 1.29 is 28.6 Å². The highest BCUT2D eigenvalue weighted by atomic mass is 16.6. The number of ether oxygens (including phenoxy) is 3. The maximum atomic E-state index is 12.3. The minimum Gasteiger partial charge on any atom is -0.465 e. The van der Waals surface area contributed by atoms with E-state index >= 15 is 0 Å².